The fraction of sp³-hybridized carbons (Fsp3) is 0.0690. The molecule has 0 bridgehead atoms. The molecule has 5 aromatic rings. The number of hydrogen-bond acceptors (Lipinski definition) is 4. The van der Waals surface area contributed by atoms with Gasteiger partial charge in [0.15, 0.2) is 5.82 Å². The van der Waals surface area contributed by atoms with Crippen LogP contribution >= 0.6 is 0 Å². The molecule has 0 radical (unpaired) electrons. The standard InChI is InChI=1S/C29H20F3N3O2/c30-29(31,32)23-13-8-12-21(17-23)27-34-25-15-6-5-14-24(25)28(36)35(27)33-18-22-11-4-7-16-26(22)37-19-20-9-2-1-3-10-20/h1-18H,19H2. The Morgan fingerprint density at radius 3 is 2.41 bits per heavy atom. The molecule has 1 heterocycles. The Kier molecular flexibility index (Phi) is 6.55. The van der Waals surface area contributed by atoms with Crippen LogP contribution in [0.2, 0.25) is 0 Å². The van der Waals surface area contributed by atoms with Gasteiger partial charge in [0, 0.05) is 11.1 Å². The zero-order valence-electron chi connectivity index (χ0n) is 19.4. The van der Waals surface area contributed by atoms with Crippen LogP contribution < -0.4 is 10.3 Å². The van der Waals surface area contributed by atoms with Crippen LogP contribution in [0.25, 0.3) is 22.3 Å². The lowest BCUT2D eigenvalue weighted by atomic mass is 10.1. The Labute approximate surface area is 210 Å². The zero-order valence-corrected chi connectivity index (χ0v) is 19.4. The highest BCUT2D eigenvalue weighted by molar-refractivity contribution is 5.84. The molecule has 0 aliphatic heterocycles. The van der Waals surface area contributed by atoms with Gasteiger partial charge in [-0.3, -0.25) is 4.79 Å². The minimum Gasteiger partial charge on any atom is -0.488 e. The number of para-hydroxylation sites is 2. The minimum absolute atomic E-state index is 0.00580. The Balaban J connectivity index is 1.58. The fourth-order valence-corrected chi connectivity index (χ4v) is 3.83. The first-order valence-electron chi connectivity index (χ1n) is 11.4. The van der Waals surface area contributed by atoms with Crippen LogP contribution in [0.1, 0.15) is 16.7 Å². The SMILES string of the molecule is O=c1c2ccccc2nc(-c2cccc(C(F)(F)F)c2)n1N=Cc1ccccc1OCc1ccccc1. The van der Waals surface area contributed by atoms with Crippen molar-refractivity contribution in [3.05, 3.63) is 130 Å². The smallest absolute Gasteiger partial charge is 0.416 e. The molecule has 0 fully saturated rings. The average Bonchev–Trinajstić information content (AvgIpc) is 2.92. The Bertz CT molecular complexity index is 1640. The summed E-state index contributed by atoms with van der Waals surface area (Å²) in [6.45, 7) is 0.332. The summed E-state index contributed by atoms with van der Waals surface area (Å²) < 4.78 is 47.2. The van der Waals surface area contributed by atoms with Gasteiger partial charge in [0.1, 0.15) is 12.4 Å². The van der Waals surface area contributed by atoms with Crippen molar-refractivity contribution in [2.24, 2.45) is 5.10 Å². The molecule has 0 N–H and O–H groups in total. The average molecular weight is 499 g/mol. The van der Waals surface area contributed by atoms with E-state index in [0.717, 1.165) is 22.4 Å². The number of fused-ring (bicyclic) bond motifs is 1. The number of alkyl halides is 3. The van der Waals surface area contributed by atoms with Crippen molar-refractivity contribution in [2.75, 3.05) is 0 Å². The number of nitrogens with zero attached hydrogens (tertiary/aromatic N) is 3. The molecule has 0 spiro atoms. The van der Waals surface area contributed by atoms with Gasteiger partial charge in [-0.2, -0.15) is 22.9 Å². The predicted octanol–water partition coefficient (Wildman–Crippen LogP) is 6.54. The highest BCUT2D eigenvalue weighted by atomic mass is 19.4. The van der Waals surface area contributed by atoms with Crippen molar-refractivity contribution in [3.8, 4) is 17.1 Å². The molecule has 0 amide bonds. The third-order valence-corrected chi connectivity index (χ3v) is 5.67. The third kappa shape index (κ3) is 5.28. The van der Waals surface area contributed by atoms with E-state index >= 15 is 0 Å². The normalized spacial score (nSPS) is 11.8. The highest BCUT2D eigenvalue weighted by Crippen LogP contribution is 2.32. The topological polar surface area (TPSA) is 56.5 Å². The Hall–Kier alpha value is -4.72. The van der Waals surface area contributed by atoms with Crippen molar-refractivity contribution in [1.82, 2.24) is 9.66 Å². The van der Waals surface area contributed by atoms with Crippen LogP contribution in [-0.4, -0.2) is 15.9 Å². The second-order valence-corrected chi connectivity index (χ2v) is 8.20. The van der Waals surface area contributed by atoms with Gasteiger partial charge in [0.2, 0.25) is 0 Å². The van der Waals surface area contributed by atoms with Crippen LogP contribution in [0.5, 0.6) is 5.75 Å². The molecule has 4 aromatic carbocycles. The second kappa shape index (κ2) is 10.1. The van der Waals surface area contributed by atoms with Gasteiger partial charge in [-0.15, -0.1) is 0 Å². The van der Waals surface area contributed by atoms with E-state index in [1.54, 1.807) is 42.5 Å². The molecule has 8 heteroatoms. The molecule has 0 saturated carbocycles. The third-order valence-electron chi connectivity index (χ3n) is 5.67. The van der Waals surface area contributed by atoms with E-state index in [1.807, 2.05) is 36.4 Å². The molecule has 0 aliphatic rings. The predicted molar refractivity (Wildman–Crippen MR) is 137 cm³/mol. The summed E-state index contributed by atoms with van der Waals surface area (Å²) in [4.78, 5) is 17.9. The first kappa shape index (κ1) is 24.0. The fourth-order valence-electron chi connectivity index (χ4n) is 3.83. The van der Waals surface area contributed by atoms with Gasteiger partial charge >= 0.3 is 6.18 Å². The molecule has 0 unspecified atom stereocenters. The van der Waals surface area contributed by atoms with E-state index in [2.05, 4.69) is 10.1 Å². The summed E-state index contributed by atoms with van der Waals surface area (Å²) in [5.41, 5.74) is 0.699. The van der Waals surface area contributed by atoms with E-state index in [4.69, 9.17) is 4.74 Å². The van der Waals surface area contributed by atoms with Crippen molar-refractivity contribution < 1.29 is 17.9 Å². The summed E-state index contributed by atoms with van der Waals surface area (Å²) in [7, 11) is 0. The van der Waals surface area contributed by atoms with Crippen LogP contribution in [0.15, 0.2) is 113 Å². The highest BCUT2D eigenvalue weighted by Gasteiger charge is 2.31. The molecular formula is C29H20F3N3O2. The van der Waals surface area contributed by atoms with E-state index < -0.39 is 17.3 Å². The molecule has 0 saturated heterocycles. The van der Waals surface area contributed by atoms with Gasteiger partial charge in [-0.1, -0.05) is 66.7 Å². The van der Waals surface area contributed by atoms with Crippen LogP contribution in [0.3, 0.4) is 0 Å². The summed E-state index contributed by atoms with van der Waals surface area (Å²) in [5, 5.41) is 4.66. The van der Waals surface area contributed by atoms with Gasteiger partial charge < -0.3 is 4.74 Å². The van der Waals surface area contributed by atoms with E-state index in [9.17, 15) is 18.0 Å². The zero-order chi connectivity index (χ0) is 25.8. The maximum atomic E-state index is 13.4. The number of ether oxygens (including phenoxy) is 1. The second-order valence-electron chi connectivity index (χ2n) is 8.20. The van der Waals surface area contributed by atoms with E-state index in [0.29, 0.717) is 28.8 Å². The van der Waals surface area contributed by atoms with Crippen LogP contribution in [0.4, 0.5) is 13.2 Å². The number of benzene rings is 4. The molecule has 37 heavy (non-hydrogen) atoms. The first-order valence-corrected chi connectivity index (χ1v) is 11.4. The first-order chi connectivity index (χ1) is 17.9. The monoisotopic (exact) mass is 499 g/mol. The lowest BCUT2D eigenvalue weighted by molar-refractivity contribution is -0.137. The molecule has 0 aliphatic carbocycles. The Morgan fingerprint density at radius 1 is 0.865 bits per heavy atom. The van der Waals surface area contributed by atoms with Gasteiger partial charge in [-0.05, 0) is 42.0 Å². The molecule has 5 nitrogen and oxygen atoms in total. The summed E-state index contributed by atoms with van der Waals surface area (Å²) in [5.74, 6) is 0.534. The number of halogens is 3. The van der Waals surface area contributed by atoms with Crippen LogP contribution in [0, 0.1) is 0 Å². The Morgan fingerprint density at radius 2 is 1.59 bits per heavy atom. The van der Waals surface area contributed by atoms with E-state index in [1.165, 1.54) is 18.3 Å². The van der Waals surface area contributed by atoms with Crippen molar-refractivity contribution in [2.45, 2.75) is 12.8 Å². The van der Waals surface area contributed by atoms with Gasteiger partial charge in [0.05, 0.1) is 22.7 Å². The summed E-state index contributed by atoms with van der Waals surface area (Å²) in [6, 6.07) is 28.1. The van der Waals surface area contributed by atoms with Gasteiger partial charge in [0.25, 0.3) is 5.56 Å². The molecular weight excluding hydrogens is 479 g/mol. The molecule has 1 aromatic heterocycles. The lowest BCUT2D eigenvalue weighted by Crippen LogP contribution is -2.20. The number of hydrogen-bond donors (Lipinski definition) is 0. The number of rotatable bonds is 6. The van der Waals surface area contributed by atoms with Crippen molar-refractivity contribution in [1.29, 1.82) is 0 Å². The number of aromatic nitrogens is 2. The minimum atomic E-state index is -4.55. The molecule has 0 atom stereocenters. The maximum Gasteiger partial charge on any atom is 0.416 e. The molecule has 184 valence electrons. The maximum absolute atomic E-state index is 13.4. The van der Waals surface area contributed by atoms with E-state index in [-0.39, 0.29) is 11.4 Å². The van der Waals surface area contributed by atoms with Crippen molar-refractivity contribution >= 4 is 17.1 Å². The summed E-state index contributed by atoms with van der Waals surface area (Å²) in [6.07, 6.45) is -3.11. The molecule has 5 rings (SSSR count). The quantitative estimate of drug-likeness (QED) is 0.249. The van der Waals surface area contributed by atoms with Crippen LogP contribution in [-0.2, 0) is 12.8 Å². The van der Waals surface area contributed by atoms with Gasteiger partial charge in [-0.25, -0.2) is 4.98 Å². The largest absolute Gasteiger partial charge is 0.488 e. The summed E-state index contributed by atoms with van der Waals surface area (Å²) >= 11 is 0. The van der Waals surface area contributed by atoms with Crippen molar-refractivity contribution in [3.63, 3.8) is 0 Å². The lowest BCUT2D eigenvalue weighted by Gasteiger charge is -2.12.